The summed E-state index contributed by atoms with van der Waals surface area (Å²) in [4.78, 5) is 4.70. The molecule has 1 aliphatic carbocycles. The molecule has 1 atom stereocenters. The van der Waals surface area contributed by atoms with E-state index in [0.29, 0.717) is 18.7 Å². The summed E-state index contributed by atoms with van der Waals surface area (Å²) in [7, 11) is 0. The third-order valence-electron chi connectivity index (χ3n) is 4.07. The van der Waals surface area contributed by atoms with Gasteiger partial charge in [0.25, 0.3) is 0 Å². The number of aliphatic imine (C=N–C) groups is 1. The second-order valence-corrected chi connectivity index (χ2v) is 5.93. The fraction of sp³-hybridized carbons (Fsp3) is 0.611. The van der Waals surface area contributed by atoms with Gasteiger partial charge in [0.05, 0.1) is 12.6 Å². The smallest absolute Gasteiger partial charge is 0.191 e. The van der Waals surface area contributed by atoms with E-state index < -0.39 is 0 Å². The highest BCUT2D eigenvalue weighted by molar-refractivity contribution is 14.0. The van der Waals surface area contributed by atoms with Gasteiger partial charge in [0.1, 0.15) is 5.75 Å². The Bertz CT molecular complexity index is 489. The Morgan fingerprint density at radius 3 is 2.65 bits per heavy atom. The van der Waals surface area contributed by atoms with Gasteiger partial charge < -0.3 is 15.4 Å². The molecule has 0 amide bonds. The number of guanidine groups is 1. The number of rotatable bonds is 7. The molecule has 1 aromatic carbocycles. The quantitative estimate of drug-likeness (QED) is 0.389. The molecule has 2 rings (SSSR count). The van der Waals surface area contributed by atoms with Gasteiger partial charge in [-0.1, -0.05) is 25.1 Å². The maximum absolute atomic E-state index is 6.07. The Morgan fingerprint density at radius 2 is 2.04 bits per heavy atom. The lowest BCUT2D eigenvalue weighted by Crippen LogP contribution is -2.41. The average molecular weight is 431 g/mol. The molecule has 1 aliphatic rings. The van der Waals surface area contributed by atoms with Gasteiger partial charge in [0.2, 0.25) is 0 Å². The molecule has 2 N–H and O–H groups in total. The molecule has 0 radical (unpaired) electrons. The van der Waals surface area contributed by atoms with Crippen molar-refractivity contribution in [2.75, 3.05) is 6.54 Å². The van der Waals surface area contributed by atoms with Gasteiger partial charge in [-0.05, 0) is 45.6 Å². The predicted octanol–water partition coefficient (Wildman–Crippen LogP) is 4.09. The van der Waals surface area contributed by atoms with Crippen LogP contribution in [0.1, 0.15) is 52.0 Å². The first-order valence-electron chi connectivity index (χ1n) is 8.52. The van der Waals surface area contributed by atoms with Gasteiger partial charge in [-0.2, -0.15) is 0 Å². The van der Waals surface area contributed by atoms with E-state index in [1.54, 1.807) is 0 Å². The van der Waals surface area contributed by atoms with Crippen LogP contribution in [0.3, 0.4) is 0 Å². The number of ether oxygens (including phenoxy) is 1. The van der Waals surface area contributed by atoms with E-state index in [1.165, 1.54) is 19.3 Å². The molecule has 130 valence electrons. The van der Waals surface area contributed by atoms with Crippen LogP contribution in [-0.4, -0.2) is 24.7 Å². The van der Waals surface area contributed by atoms with E-state index in [1.807, 2.05) is 12.1 Å². The lowest BCUT2D eigenvalue weighted by atomic mass is 9.96. The first kappa shape index (κ1) is 20.1. The number of halogens is 1. The van der Waals surface area contributed by atoms with Crippen molar-refractivity contribution in [3.63, 3.8) is 0 Å². The first-order valence-corrected chi connectivity index (χ1v) is 8.52. The van der Waals surface area contributed by atoms with Gasteiger partial charge >= 0.3 is 0 Å². The summed E-state index contributed by atoms with van der Waals surface area (Å²) in [6.45, 7) is 7.92. The summed E-state index contributed by atoms with van der Waals surface area (Å²) in [5.74, 6) is 1.85. The lowest BCUT2D eigenvalue weighted by Gasteiger charge is -2.27. The highest BCUT2D eigenvalue weighted by Gasteiger charge is 2.20. The third-order valence-corrected chi connectivity index (χ3v) is 4.07. The maximum atomic E-state index is 6.07. The van der Waals surface area contributed by atoms with Crippen LogP contribution in [0, 0.1) is 0 Å². The SMILES string of the molecule is CCNC(=NCc1ccccc1OC1CCC1)NC(C)CC.I. The van der Waals surface area contributed by atoms with E-state index >= 15 is 0 Å². The van der Waals surface area contributed by atoms with Crippen LogP contribution in [0.15, 0.2) is 29.3 Å². The fourth-order valence-electron chi connectivity index (χ4n) is 2.24. The molecule has 0 spiro atoms. The van der Waals surface area contributed by atoms with Gasteiger partial charge in [0.15, 0.2) is 5.96 Å². The molecule has 4 nitrogen and oxygen atoms in total. The fourth-order valence-corrected chi connectivity index (χ4v) is 2.24. The van der Waals surface area contributed by atoms with E-state index in [-0.39, 0.29) is 24.0 Å². The largest absolute Gasteiger partial charge is 0.490 e. The average Bonchev–Trinajstić information content (AvgIpc) is 2.49. The number of hydrogen-bond donors (Lipinski definition) is 2. The van der Waals surface area contributed by atoms with E-state index in [2.05, 4.69) is 43.5 Å². The third kappa shape index (κ3) is 6.57. The normalized spacial score (nSPS) is 16.0. The number of nitrogens with one attached hydrogen (secondary N) is 2. The summed E-state index contributed by atoms with van der Waals surface area (Å²) in [5, 5.41) is 6.72. The monoisotopic (exact) mass is 431 g/mol. The molecule has 0 bridgehead atoms. The van der Waals surface area contributed by atoms with Crippen LogP contribution >= 0.6 is 24.0 Å². The summed E-state index contributed by atoms with van der Waals surface area (Å²) < 4.78 is 6.07. The summed E-state index contributed by atoms with van der Waals surface area (Å²) >= 11 is 0. The number of para-hydroxylation sites is 1. The van der Waals surface area contributed by atoms with Crippen molar-refractivity contribution in [3.8, 4) is 5.75 Å². The maximum Gasteiger partial charge on any atom is 0.191 e. The zero-order valence-electron chi connectivity index (χ0n) is 14.5. The van der Waals surface area contributed by atoms with E-state index in [4.69, 9.17) is 9.73 Å². The molecule has 1 aromatic rings. The Morgan fingerprint density at radius 1 is 1.30 bits per heavy atom. The Kier molecular flexibility index (Phi) is 9.36. The summed E-state index contributed by atoms with van der Waals surface area (Å²) in [6, 6.07) is 8.65. The van der Waals surface area contributed by atoms with Crippen LogP contribution in [-0.2, 0) is 6.54 Å². The molecule has 0 heterocycles. The highest BCUT2D eigenvalue weighted by Crippen LogP contribution is 2.27. The van der Waals surface area contributed by atoms with Gasteiger partial charge in [-0.3, -0.25) is 0 Å². The van der Waals surface area contributed by atoms with Crippen molar-refractivity contribution in [3.05, 3.63) is 29.8 Å². The van der Waals surface area contributed by atoms with Crippen LogP contribution in [0.25, 0.3) is 0 Å². The van der Waals surface area contributed by atoms with Crippen molar-refractivity contribution in [2.24, 2.45) is 4.99 Å². The zero-order valence-corrected chi connectivity index (χ0v) is 16.8. The standard InChI is InChI=1S/C18H29N3O.HI/c1-4-14(3)21-18(19-5-2)20-13-15-9-6-7-12-17(15)22-16-10-8-11-16;/h6-7,9,12,14,16H,4-5,8,10-11,13H2,1-3H3,(H2,19,20,21);1H. The van der Waals surface area contributed by atoms with Gasteiger partial charge in [0, 0.05) is 18.2 Å². The topological polar surface area (TPSA) is 45.7 Å². The highest BCUT2D eigenvalue weighted by atomic mass is 127. The van der Waals surface area contributed by atoms with Crippen molar-refractivity contribution in [2.45, 2.75) is 65.1 Å². The number of hydrogen-bond acceptors (Lipinski definition) is 2. The van der Waals surface area contributed by atoms with Crippen LogP contribution in [0.5, 0.6) is 5.75 Å². The molecule has 0 saturated heterocycles. The van der Waals surface area contributed by atoms with Crippen molar-refractivity contribution < 1.29 is 4.74 Å². The number of nitrogens with zero attached hydrogens (tertiary/aromatic N) is 1. The molecule has 23 heavy (non-hydrogen) atoms. The molecule has 1 fully saturated rings. The van der Waals surface area contributed by atoms with Crippen LogP contribution in [0.4, 0.5) is 0 Å². The summed E-state index contributed by atoms with van der Waals surface area (Å²) in [5.41, 5.74) is 1.15. The van der Waals surface area contributed by atoms with Crippen LogP contribution in [0.2, 0.25) is 0 Å². The Labute approximate surface area is 157 Å². The predicted molar refractivity (Wildman–Crippen MR) is 108 cm³/mol. The molecule has 1 saturated carbocycles. The second-order valence-electron chi connectivity index (χ2n) is 5.93. The van der Waals surface area contributed by atoms with E-state index in [0.717, 1.165) is 30.2 Å². The molecule has 1 unspecified atom stereocenters. The molecule has 0 aliphatic heterocycles. The lowest BCUT2D eigenvalue weighted by molar-refractivity contribution is 0.119. The zero-order chi connectivity index (χ0) is 15.8. The molecule has 0 aromatic heterocycles. The van der Waals surface area contributed by atoms with E-state index in [9.17, 15) is 0 Å². The van der Waals surface area contributed by atoms with Crippen molar-refractivity contribution in [1.29, 1.82) is 0 Å². The molecular weight excluding hydrogens is 401 g/mol. The van der Waals surface area contributed by atoms with Crippen molar-refractivity contribution in [1.82, 2.24) is 10.6 Å². The van der Waals surface area contributed by atoms with Crippen LogP contribution < -0.4 is 15.4 Å². The number of benzene rings is 1. The minimum Gasteiger partial charge on any atom is -0.490 e. The molecule has 5 heteroatoms. The second kappa shape index (κ2) is 10.7. The Hall–Kier alpha value is -0.980. The summed E-state index contributed by atoms with van der Waals surface area (Å²) in [6.07, 6.45) is 5.11. The Balaban J connectivity index is 0.00000264. The molecular formula is C18H30IN3O. The minimum atomic E-state index is 0. The van der Waals surface area contributed by atoms with Crippen molar-refractivity contribution >= 4 is 29.9 Å². The first-order chi connectivity index (χ1) is 10.7. The van der Waals surface area contributed by atoms with Gasteiger partial charge in [-0.15, -0.1) is 24.0 Å². The minimum absolute atomic E-state index is 0. The van der Waals surface area contributed by atoms with Gasteiger partial charge in [-0.25, -0.2) is 4.99 Å².